The Kier molecular flexibility index (Phi) is 6.88. The molecule has 3 heterocycles. The van der Waals surface area contributed by atoms with Crippen molar-refractivity contribution in [2.24, 2.45) is 0 Å². The summed E-state index contributed by atoms with van der Waals surface area (Å²) in [4.78, 5) is 29.2. The Labute approximate surface area is 167 Å². The highest BCUT2D eigenvalue weighted by molar-refractivity contribution is 7.99. The van der Waals surface area contributed by atoms with E-state index in [9.17, 15) is 9.59 Å². The lowest BCUT2D eigenvalue weighted by atomic mass is 10.4. The number of fused-ring (bicyclic) bond motifs is 1. The fourth-order valence-corrected chi connectivity index (χ4v) is 4.42. The predicted molar refractivity (Wildman–Crippen MR) is 107 cm³/mol. The number of hydrogen-bond acceptors (Lipinski definition) is 10. The number of rotatable bonds is 9. The van der Waals surface area contributed by atoms with E-state index in [4.69, 9.17) is 4.74 Å². The maximum atomic E-state index is 12.2. The number of thioether (sulfide) groups is 1. The number of amides is 1. The Balaban J connectivity index is 1.56. The van der Waals surface area contributed by atoms with Gasteiger partial charge in [-0.15, -0.1) is 22.0 Å². The number of nitrogens with one attached hydrogen (secondary N) is 1. The van der Waals surface area contributed by atoms with E-state index < -0.39 is 0 Å². The predicted octanol–water partition coefficient (Wildman–Crippen LogP) is 1.63. The molecule has 0 radical (unpaired) electrons. The normalized spacial score (nSPS) is 11.2. The first-order valence-corrected chi connectivity index (χ1v) is 11.0. The highest BCUT2D eigenvalue weighted by atomic mass is 32.2. The van der Waals surface area contributed by atoms with Gasteiger partial charge in [-0.2, -0.15) is 9.61 Å². The third-order valence-electron chi connectivity index (χ3n) is 3.36. The van der Waals surface area contributed by atoms with Crippen molar-refractivity contribution < 1.29 is 9.53 Å². The molecule has 3 aromatic heterocycles. The number of ether oxygens (including phenoxy) is 1. The smallest absolute Gasteiger partial charge is 0.275 e. The van der Waals surface area contributed by atoms with Crippen LogP contribution in [0, 0.1) is 0 Å². The molecule has 0 aliphatic heterocycles. The van der Waals surface area contributed by atoms with Gasteiger partial charge in [0.25, 0.3) is 5.56 Å². The molecule has 0 saturated carbocycles. The molecule has 0 unspecified atom stereocenters. The molecule has 0 spiro atoms. The maximum Gasteiger partial charge on any atom is 0.275 e. The Morgan fingerprint density at radius 1 is 1.33 bits per heavy atom. The second-order valence-corrected chi connectivity index (χ2v) is 8.50. The van der Waals surface area contributed by atoms with Crippen LogP contribution < -0.4 is 10.9 Å². The number of aryl methyl sites for hydroxylation is 1. The molecule has 1 N–H and O–H groups in total. The van der Waals surface area contributed by atoms with Crippen molar-refractivity contribution in [3.05, 3.63) is 32.1 Å². The summed E-state index contributed by atoms with van der Waals surface area (Å²) in [6.07, 6.45) is 1.43. The van der Waals surface area contributed by atoms with Crippen LogP contribution in [-0.4, -0.2) is 50.2 Å². The van der Waals surface area contributed by atoms with Crippen LogP contribution in [0.5, 0.6) is 0 Å². The lowest BCUT2D eigenvalue weighted by Crippen LogP contribution is -2.16. The van der Waals surface area contributed by atoms with Crippen LogP contribution in [0.2, 0.25) is 0 Å². The molecule has 27 heavy (non-hydrogen) atoms. The fraction of sp³-hybridized carbons (Fsp3) is 0.467. The van der Waals surface area contributed by atoms with Gasteiger partial charge in [-0.3, -0.25) is 14.9 Å². The molecule has 0 aliphatic carbocycles. The lowest BCUT2D eigenvalue weighted by molar-refractivity contribution is -0.113. The van der Waals surface area contributed by atoms with E-state index >= 15 is 0 Å². The third kappa shape index (κ3) is 5.31. The fourth-order valence-electron chi connectivity index (χ4n) is 2.11. The van der Waals surface area contributed by atoms with Gasteiger partial charge in [-0.25, -0.2) is 4.98 Å². The first-order valence-electron chi connectivity index (χ1n) is 8.16. The highest BCUT2D eigenvalue weighted by Gasteiger charge is 2.11. The van der Waals surface area contributed by atoms with Crippen molar-refractivity contribution in [2.45, 2.75) is 25.5 Å². The van der Waals surface area contributed by atoms with Crippen molar-refractivity contribution in [3.63, 3.8) is 0 Å². The van der Waals surface area contributed by atoms with Gasteiger partial charge in [0, 0.05) is 25.3 Å². The number of hydrogen-bond donors (Lipinski definition) is 1. The molecule has 3 rings (SSSR count). The molecule has 9 nitrogen and oxygen atoms in total. The minimum absolute atomic E-state index is 0.156. The number of carbonyl (C=O) groups excluding carboxylic acids is 1. The summed E-state index contributed by atoms with van der Waals surface area (Å²) in [5, 5.41) is 17.0. The van der Waals surface area contributed by atoms with Crippen LogP contribution >= 0.6 is 34.4 Å². The zero-order chi connectivity index (χ0) is 19.2. The van der Waals surface area contributed by atoms with Crippen LogP contribution in [0.4, 0.5) is 5.13 Å². The van der Waals surface area contributed by atoms with Crippen molar-refractivity contribution in [1.29, 1.82) is 0 Å². The number of carbonyl (C=O) groups is 1. The van der Waals surface area contributed by atoms with E-state index in [-0.39, 0.29) is 17.2 Å². The summed E-state index contributed by atoms with van der Waals surface area (Å²) in [5.74, 6) is 0.543. The van der Waals surface area contributed by atoms with Crippen LogP contribution in [-0.2, 0) is 28.1 Å². The zero-order valence-corrected chi connectivity index (χ0v) is 17.2. The standard InChI is InChI=1S/C15H18N6O3S3/c1-3-11-18-19-14(26-11)17-10(22)8-25-7-9-6-13(23)21-15(16-9)27-12(20-21)4-5-24-2/h6H,3-5,7-8H2,1-2H3,(H,17,19,22). The maximum absolute atomic E-state index is 12.2. The van der Waals surface area contributed by atoms with E-state index in [1.54, 1.807) is 7.11 Å². The Morgan fingerprint density at radius 2 is 2.19 bits per heavy atom. The lowest BCUT2D eigenvalue weighted by Gasteiger charge is -2.01. The highest BCUT2D eigenvalue weighted by Crippen LogP contribution is 2.17. The molecule has 0 aliphatic rings. The number of anilines is 1. The summed E-state index contributed by atoms with van der Waals surface area (Å²) in [6.45, 7) is 2.53. The average molecular weight is 427 g/mol. The Hall–Kier alpha value is -1.89. The average Bonchev–Trinajstić information content (AvgIpc) is 3.26. The van der Waals surface area contributed by atoms with Gasteiger partial charge < -0.3 is 4.74 Å². The van der Waals surface area contributed by atoms with Gasteiger partial charge in [0.2, 0.25) is 16.0 Å². The summed E-state index contributed by atoms with van der Waals surface area (Å²) in [5.41, 5.74) is 0.407. The van der Waals surface area contributed by atoms with E-state index in [1.165, 1.54) is 45.0 Å². The minimum Gasteiger partial charge on any atom is -0.384 e. The Bertz CT molecular complexity index is 983. The molecule has 0 fully saturated rings. The van der Waals surface area contributed by atoms with Crippen molar-refractivity contribution in [3.8, 4) is 0 Å². The van der Waals surface area contributed by atoms with E-state index in [0.29, 0.717) is 34.6 Å². The largest absolute Gasteiger partial charge is 0.384 e. The first kappa shape index (κ1) is 19.9. The molecular weight excluding hydrogens is 408 g/mol. The summed E-state index contributed by atoms with van der Waals surface area (Å²) in [6, 6.07) is 1.45. The Morgan fingerprint density at radius 3 is 2.93 bits per heavy atom. The number of aromatic nitrogens is 5. The van der Waals surface area contributed by atoms with Crippen LogP contribution in [0.15, 0.2) is 10.9 Å². The quantitative estimate of drug-likeness (QED) is 0.549. The monoisotopic (exact) mass is 426 g/mol. The van der Waals surface area contributed by atoms with Gasteiger partial charge in [0.15, 0.2) is 0 Å². The second-order valence-electron chi connectivity index (χ2n) is 5.41. The molecule has 12 heteroatoms. The molecule has 3 aromatic rings. The molecule has 0 saturated heterocycles. The van der Waals surface area contributed by atoms with Crippen molar-refractivity contribution in [2.75, 3.05) is 24.8 Å². The summed E-state index contributed by atoms with van der Waals surface area (Å²) < 4.78 is 6.33. The molecule has 0 aromatic carbocycles. The molecule has 0 atom stereocenters. The van der Waals surface area contributed by atoms with Gasteiger partial charge in [0.05, 0.1) is 18.1 Å². The summed E-state index contributed by atoms with van der Waals surface area (Å²) in [7, 11) is 1.62. The van der Waals surface area contributed by atoms with Crippen LogP contribution in [0.3, 0.4) is 0 Å². The van der Waals surface area contributed by atoms with E-state index in [1.807, 2.05) is 6.92 Å². The van der Waals surface area contributed by atoms with Gasteiger partial charge in [0.1, 0.15) is 10.0 Å². The number of nitrogens with zero attached hydrogens (tertiary/aromatic N) is 5. The van der Waals surface area contributed by atoms with Crippen LogP contribution in [0.25, 0.3) is 4.96 Å². The van der Waals surface area contributed by atoms with E-state index in [0.717, 1.165) is 16.4 Å². The second kappa shape index (κ2) is 9.35. The van der Waals surface area contributed by atoms with Gasteiger partial charge >= 0.3 is 0 Å². The zero-order valence-electron chi connectivity index (χ0n) is 14.8. The third-order valence-corrected chi connectivity index (χ3v) is 6.28. The first-order chi connectivity index (χ1) is 13.1. The number of methoxy groups -OCH3 is 1. The summed E-state index contributed by atoms with van der Waals surface area (Å²) >= 11 is 4.12. The van der Waals surface area contributed by atoms with Crippen molar-refractivity contribution >= 4 is 50.4 Å². The van der Waals surface area contributed by atoms with Gasteiger partial charge in [-0.1, -0.05) is 29.6 Å². The van der Waals surface area contributed by atoms with Crippen LogP contribution in [0.1, 0.15) is 22.6 Å². The SMILES string of the molecule is CCc1nnc(NC(=O)CSCc2cc(=O)n3nc(CCOC)sc3n2)s1. The molecular formula is C15H18N6O3S3. The van der Waals surface area contributed by atoms with E-state index in [2.05, 4.69) is 25.6 Å². The van der Waals surface area contributed by atoms with Gasteiger partial charge in [-0.05, 0) is 6.42 Å². The molecule has 144 valence electrons. The minimum atomic E-state index is -0.221. The molecule has 1 amide bonds. The topological polar surface area (TPSA) is 111 Å². The van der Waals surface area contributed by atoms with Crippen molar-refractivity contribution in [1.82, 2.24) is 24.8 Å². The molecule has 0 bridgehead atoms.